The van der Waals surface area contributed by atoms with Crippen molar-refractivity contribution in [2.75, 3.05) is 5.75 Å². The third-order valence-corrected chi connectivity index (χ3v) is 4.38. The summed E-state index contributed by atoms with van der Waals surface area (Å²) in [6, 6.07) is 14.6. The number of thiophene rings is 1. The lowest BCUT2D eigenvalue weighted by atomic mass is 10.1. The van der Waals surface area contributed by atoms with Crippen LogP contribution < -0.4 is 5.73 Å². The lowest BCUT2D eigenvalue weighted by Crippen LogP contribution is -2.12. The molecule has 0 saturated carbocycles. The number of rotatable bonds is 4. The Morgan fingerprint density at radius 1 is 1.13 bits per heavy atom. The lowest BCUT2D eigenvalue weighted by molar-refractivity contribution is 0.832. The van der Waals surface area contributed by atoms with Crippen molar-refractivity contribution in [3.05, 3.63) is 53.4 Å². The van der Waals surface area contributed by atoms with Gasteiger partial charge in [0.2, 0.25) is 0 Å². The van der Waals surface area contributed by atoms with E-state index >= 15 is 0 Å². The summed E-state index contributed by atoms with van der Waals surface area (Å²) in [5, 5.41) is 2.09. The first-order chi connectivity index (χ1) is 7.36. The van der Waals surface area contributed by atoms with Gasteiger partial charge < -0.3 is 5.73 Å². The molecule has 1 atom stereocenters. The third-order valence-electron chi connectivity index (χ3n) is 2.13. The van der Waals surface area contributed by atoms with Crippen molar-refractivity contribution in [3.8, 4) is 0 Å². The molecule has 0 aliphatic heterocycles. The molecular formula is C12H13NS2. The van der Waals surface area contributed by atoms with Crippen molar-refractivity contribution in [1.29, 1.82) is 0 Å². The zero-order valence-corrected chi connectivity index (χ0v) is 9.93. The normalized spacial score (nSPS) is 12.6. The Labute approximate surface area is 98.3 Å². The molecule has 0 saturated heterocycles. The van der Waals surface area contributed by atoms with Gasteiger partial charge in [0.25, 0.3) is 0 Å². The summed E-state index contributed by atoms with van der Waals surface area (Å²) >= 11 is 3.59. The van der Waals surface area contributed by atoms with Gasteiger partial charge in [0.1, 0.15) is 0 Å². The third kappa shape index (κ3) is 3.09. The molecule has 1 unspecified atom stereocenters. The van der Waals surface area contributed by atoms with Gasteiger partial charge in [0, 0.05) is 11.8 Å². The first-order valence-corrected chi connectivity index (χ1v) is 6.69. The quantitative estimate of drug-likeness (QED) is 0.820. The van der Waals surface area contributed by atoms with Crippen LogP contribution in [0, 0.1) is 0 Å². The van der Waals surface area contributed by atoms with Crippen molar-refractivity contribution < 1.29 is 0 Å². The first kappa shape index (κ1) is 10.7. The maximum Gasteiger partial charge on any atom is 0.0599 e. The maximum atomic E-state index is 6.10. The highest BCUT2D eigenvalue weighted by Gasteiger charge is 2.05. The lowest BCUT2D eigenvalue weighted by Gasteiger charge is -2.10. The summed E-state index contributed by atoms with van der Waals surface area (Å²) in [7, 11) is 0. The van der Waals surface area contributed by atoms with E-state index in [1.165, 1.54) is 9.77 Å². The Morgan fingerprint density at radius 3 is 2.60 bits per heavy atom. The van der Waals surface area contributed by atoms with E-state index in [0.717, 1.165) is 5.75 Å². The van der Waals surface area contributed by atoms with Crippen LogP contribution in [0.15, 0.2) is 52.1 Å². The van der Waals surface area contributed by atoms with Crippen LogP contribution >= 0.6 is 23.1 Å². The van der Waals surface area contributed by atoms with Crippen LogP contribution in [0.5, 0.6) is 0 Å². The van der Waals surface area contributed by atoms with Gasteiger partial charge in [-0.1, -0.05) is 36.4 Å². The molecule has 0 radical (unpaired) electrons. The molecule has 0 spiro atoms. The van der Waals surface area contributed by atoms with Crippen molar-refractivity contribution in [3.63, 3.8) is 0 Å². The Hall–Kier alpha value is -0.770. The van der Waals surface area contributed by atoms with Gasteiger partial charge in [-0.15, -0.1) is 23.1 Å². The van der Waals surface area contributed by atoms with Crippen molar-refractivity contribution in [2.45, 2.75) is 10.3 Å². The first-order valence-electron chi connectivity index (χ1n) is 4.83. The minimum absolute atomic E-state index is 0.123. The molecule has 15 heavy (non-hydrogen) atoms. The molecule has 2 N–H and O–H groups in total. The van der Waals surface area contributed by atoms with Crippen LogP contribution in [0.25, 0.3) is 0 Å². The molecule has 1 nitrogen and oxygen atoms in total. The van der Waals surface area contributed by atoms with E-state index in [2.05, 4.69) is 29.6 Å². The average molecular weight is 235 g/mol. The topological polar surface area (TPSA) is 26.0 Å². The van der Waals surface area contributed by atoms with Crippen LogP contribution in [0.4, 0.5) is 0 Å². The predicted octanol–water partition coefficient (Wildman–Crippen LogP) is 3.54. The van der Waals surface area contributed by atoms with Gasteiger partial charge in [-0.3, -0.25) is 0 Å². The van der Waals surface area contributed by atoms with Gasteiger partial charge >= 0.3 is 0 Å². The number of hydrogen-bond donors (Lipinski definition) is 1. The number of benzene rings is 1. The number of nitrogens with two attached hydrogens (primary N) is 1. The van der Waals surface area contributed by atoms with Crippen LogP contribution in [0.1, 0.15) is 11.6 Å². The van der Waals surface area contributed by atoms with Crippen LogP contribution in [0.3, 0.4) is 0 Å². The van der Waals surface area contributed by atoms with E-state index < -0.39 is 0 Å². The fourth-order valence-electron chi connectivity index (χ4n) is 1.31. The summed E-state index contributed by atoms with van der Waals surface area (Å²) < 4.78 is 1.33. The van der Waals surface area contributed by atoms with E-state index in [4.69, 9.17) is 5.73 Å². The molecule has 0 aliphatic rings. The summed E-state index contributed by atoms with van der Waals surface area (Å²) in [5.74, 6) is 0.935. The number of thioether (sulfide) groups is 1. The van der Waals surface area contributed by atoms with E-state index in [9.17, 15) is 0 Å². The standard InChI is InChI=1S/C12H13NS2/c13-11(10-5-2-1-3-6-10)9-15-12-7-4-8-14-12/h1-8,11H,9,13H2. The van der Waals surface area contributed by atoms with E-state index in [1.807, 2.05) is 30.0 Å². The second-order valence-corrected chi connectivity index (χ2v) is 5.53. The molecule has 1 heterocycles. The molecule has 2 rings (SSSR count). The molecule has 78 valence electrons. The van der Waals surface area contributed by atoms with Crippen molar-refractivity contribution >= 4 is 23.1 Å². The molecule has 3 heteroatoms. The molecule has 0 amide bonds. The molecule has 1 aromatic carbocycles. The molecule has 0 fully saturated rings. The zero-order chi connectivity index (χ0) is 10.5. The molecule has 2 aromatic rings. The van der Waals surface area contributed by atoms with Gasteiger partial charge in [-0.2, -0.15) is 0 Å². The summed E-state index contributed by atoms with van der Waals surface area (Å²) in [5.41, 5.74) is 7.31. The highest BCUT2D eigenvalue weighted by Crippen LogP contribution is 2.26. The maximum absolute atomic E-state index is 6.10. The molecule has 1 aromatic heterocycles. The molecular weight excluding hydrogens is 222 g/mol. The summed E-state index contributed by atoms with van der Waals surface area (Å²) in [6.45, 7) is 0. The SMILES string of the molecule is NC(CSc1cccs1)c1ccccc1. The number of hydrogen-bond acceptors (Lipinski definition) is 3. The highest BCUT2D eigenvalue weighted by atomic mass is 32.2. The Bertz CT molecular complexity index is 383. The van der Waals surface area contributed by atoms with Crippen LogP contribution in [0.2, 0.25) is 0 Å². The van der Waals surface area contributed by atoms with E-state index in [-0.39, 0.29) is 6.04 Å². The second kappa shape index (κ2) is 5.35. The molecule has 0 bridgehead atoms. The van der Waals surface area contributed by atoms with Crippen molar-refractivity contribution in [1.82, 2.24) is 0 Å². The minimum atomic E-state index is 0.123. The second-order valence-electron chi connectivity index (χ2n) is 3.26. The highest BCUT2D eigenvalue weighted by molar-refractivity contribution is 8.01. The van der Waals surface area contributed by atoms with Crippen LogP contribution in [-0.2, 0) is 0 Å². The fourth-order valence-corrected chi connectivity index (χ4v) is 3.12. The van der Waals surface area contributed by atoms with Gasteiger partial charge in [-0.25, -0.2) is 0 Å². The van der Waals surface area contributed by atoms with E-state index in [1.54, 1.807) is 11.3 Å². The van der Waals surface area contributed by atoms with Gasteiger partial charge in [-0.05, 0) is 17.0 Å². The average Bonchev–Trinajstić information content (AvgIpc) is 2.80. The Morgan fingerprint density at radius 2 is 1.93 bits per heavy atom. The van der Waals surface area contributed by atoms with Crippen LogP contribution in [-0.4, -0.2) is 5.75 Å². The summed E-state index contributed by atoms with van der Waals surface area (Å²) in [4.78, 5) is 0. The summed E-state index contributed by atoms with van der Waals surface area (Å²) in [6.07, 6.45) is 0. The molecule has 0 aliphatic carbocycles. The minimum Gasteiger partial charge on any atom is -0.323 e. The fraction of sp³-hybridized carbons (Fsp3) is 0.167. The Balaban J connectivity index is 1.90. The Kier molecular flexibility index (Phi) is 3.83. The van der Waals surface area contributed by atoms with Gasteiger partial charge in [0.15, 0.2) is 0 Å². The van der Waals surface area contributed by atoms with Crippen molar-refractivity contribution in [2.24, 2.45) is 5.73 Å². The van der Waals surface area contributed by atoms with Gasteiger partial charge in [0.05, 0.1) is 4.21 Å². The monoisotopic (exact) mass is 235 g/mol. The largest absolute Gasteiger partial charge is 0.323 e. The smallest absolute Gasteiger partial charge is 0.0599 e. The van der Waals surface area contributed by atoms with E-state index in [0.29, 0.717) is 0 Å². The zero-order valence-electron chi connectivity index (χ0n) is 8.30. The predicted molar refractivity (Wildman–Crippen MR) is 68.4 cm³/mol.